The number of rotatable bonds is 11. The van der Waals surface area contributed by atoms with Crippen molar-refractivity contribution < 1.29 is 18.9 Å². The van der Waals surface area contributed by atoms with E-state index in [4.69, 9.17) is 18.9 Å². The van der Waals surface area contributed by atoms with E-state index in [0.717, 1.165) is 26.9 Å². The molecule has 0 bridgehead atoms. The predicted octanol–water partition coefficient (Wildman–Crippen LogP) is 5.30. The smallest absolute Gasteiger partial charge is 0.189 e. The van der Waals surface area contributed by atoms with Gasteiger partial charge in [0, 0.05) is 17.7 Å². The fourth-order valence-corrected chi connectivity index (χ4v) is 2.58. The lowest BCUT2D eigenvalue weighted by atomic mass is 10.1. The van der Waals surface area contributed by atoms with Crippen LogP contribution in [-0.2, 0) is 20.8 Å². The van der Waals surface area contributed by atoms with E-state index in [-0.39, 0.29) is 13.6 Å². The van der Waals surface area contributed by atoms with Crippen LogP contribution in [0, 0.1) is 6.07 Å². The second-order valence-corrected chi connectivity index (χ2v) is 6.24. The van der Waals surface area contributed by atoms with Crippen LogP contribution in [0.1, 0.15) is 30.5 Å². The molecule has 2 aromatic rings. The Kier molecular flexibility index (Phi) is 9.42. The van der Waals surface area contributed by atoms with Crippen LogP contribution in [0.5, 0.6) is 5.75 Å². The van der Waals surface area contributed by atoms with Gasteiger partial charge in [-0.15, -0.1) is 0 Å². The van der Waals surface area contributed by atoms with Crippen molar-refractivity contribution in [1.29, 1.82) is 0 Å². The molecule has 0 N–H and O–H groups in total. The molecule has 0 aliphatic carbocycles. The second kappa shape index (κ2) is 11.9. The summed E-state index contributed by atoms with van der Waals surface area (Å²) in [5.74, 6) is 0.742. The van der Waals surface area contributed by atoms with E-state index in [0.29, 0.717) is 19.8 Å². The van der Waals surface area contributed by atoms with Gasteiger partial charge in [0.1, 0.15) is 12.5 Å². The minimum Gasteiger partial charge on any atom is -0.468 e. The quantitative estimate of drug-likeness (QED) is 0.281. The topological polar surface area (TPSA) is 36.9 Å². The first kappa shape index (κ1) is 20.6. The molecule has 0 aliphatic rings. The van der Waals surface area contributed by atoms with Crippen LogP contribution in [0.3, 0.4) is 0 Å². The van der Waals surface area contributed by atoms with Crippen molar-refractivity contribution >= 4 is 28.1 Å². The second-order valence-electron chi connectivity index (χ2n) is 5.39. The van der Waals surface area contributed by atoms with E-state index < -0.39 is 0 Å². The highest BCUT2D eigenvalue weighted by Crippen LogP contribution is 2.22. The van der Waals surface area contributed by atoms with Crippen LogP contribution < -0.4 is 4.74 Å². The highest BCUT2D eigenvalue weighted by atomic mass is 79.9. The SMILES string of the molecule is CCOCOCc1cc(/C=C/c2[c]cccc2Br)cc(OCOCC)c1. The zero-order chi connectivity index (χ0) is 18.6. The molecule has 0 atom stereocenters. The molecule has 5 heteroatoms. The Hall–Kier alpha value is -1.66. The number of hydrogen-bond acceptors (Lipinski definition) is 4. The van der Waals surface area contributed by atoms with Crippen LogP contribution in [0.25, 0.3) is 12.2 Å². The molecule has 1 radical (unpaired) electrons. The summed E-state index contributed by atoms with van der Waals surface area (Å²) < 4.78 is 22.7. The molecule has 0 fully saturated rings. The van der Waals surface area contributed by atoms with E-state index in [1.54, 1.807) is 0 Å². The Morgan fingerprint density at radius 1 is 1.00 bits per heavy atom. The summed E-state index contributed by atoms with van der Waals surface area (Å²) in [6, 6.07) is 15.0. The van der Waals surface area contributed by atoms with Crippen LogP contribution in [0.15, 0.2) is 40.9 Å². The van der Waals surface area contributed by atoms with Gasteiger partial charge in [0.25, 0.3) is 0 Å². The minimum atomic E-state index is 0.223. The molecule has 0 spiro atoms. The van der Waals surface area contributed by atoms with E-state index in [9.17, 15) is 0 Å². The van der Waals surface area contributed by atoms with Gasteiger partial charge in [-0.05, 0) is 60.9 Å². The van der Waals surface area contributed by atoms with Gasteiger partial charge in [-0.3, -0.25) is 0 Å². The molecule has 0 saturated heterocycles. The summed E-state index contributed by atoms with van der Waals surface area (Å²) in [7, 11) is 0. The van der Waals surface area contributed by atoms with Crippen LogP contribution >= 0.6 is 15.9 Å². The van der Waals surface area contributed by atoms with Crippen molar-refractivity contribution in [3.8, 4) is 5.75 Å². The largest absolute Gasteiger partial charge is 0.468 e. The number of ether oxygens (including phenoxy) is 4. The molecule has 0 amide bonds. The monoisotopic (exact) mass is 419 g/mol. The van der Waals surface area contributed by atoms with Crippen LogP contribution in [0.4, 0.5) is 0 Å². The molecule has 0 heterocycles. The lowest BCUT2D eigenvalue weighted by molar-refractivity contribution is -0.0572. The Balaban J connectivity index is 2.14. The molecule has 0 aliphatic heterocycles. The summed E-state index contributed by atoms with van der Waals surface area (Å²) in [6.45, 7) is 6.07. The minimum absolute atomic E-state index is 0.223. The van der Waals surface area contributed by atoms with Crippen molar-refractivity contribution in [2.24, 2.45) is 0 Å². The van der Waals surface area contributed by atoms with Crippen molar-refractivity contribution in [1.82, 2.24) is 0 Å². The number of benzene rings is 2. The zero-order valence-electron chi connectivity index (χ0n) is 15.2. The van der Waals surface area contributed by atoms with Gasteiger partial charge in [0.05, 0.1) is 6.61 Å². The molecule has 139 valence electrons. The van der Waals surface area contributed by atoms with Crippen LogP contribution in [0.2, 0.25) is 0 Å². The number of halogens is 1. The van der Waals surface area contributed by atoms with Gasteiger partial charge >= 0.3 is 0 Å². The molecule has 0 saturated carbocycles. The molecule has 2 rings (SSSR count). The third-order valence-electron chi connectivity index (χ3n) is 3.42. The van der Waals surface area contributed by atoms with E-state index in [2.05, 4.69) is 28.1 Å². The van der Waals surface area contributed by atoms with E-state index in [1.165, 1.54) is 0 Å². The lowest BCUT2D eigenvalue weighted by Crippen LogP contribution is -2.04. The third-order valence-corrected chi connectivity index (χ3v) is 4.11. The number of hydrogen-bond donors (Lipinski definition) is 0. The highest BCUT2D eigenvalue weighted by Gasteiger charge is 2.03. The Labute approximate surface area is 163 Å². The van der Waals surface area contributed by atoms with Gasteiger partial charge in [-0.25, -0.2) is 0 Å². The summed E-state index contributed by atoms with van der Waals surface area (Å²) in [5, 5.41) is 0. The fraction of sp³-hybridized carbons (Fsp3) is 0.333. The molecule has 0 unspecified atom stereocenters. The summed E-state index contributed by atoms with van der Waals surface area (Å²) in [5.41, 5.74) is 3.01. The first-order valence-corrected chi connectivity index (χ1v) is 9.36. The third kappa shape index (κ3) is 7.30. The molecular weight excluding hydrogens is 396 g/mol. The van der Waals surface area contributed by atoms with Crippen molar-refractivity contribution in [2.75, 3.05) is 26.8 Å². The summed E-state index contributed by atoms with van der Waals surface area (Å²) in [6.07, 6.45) is 4.03. The predicted molar refractivity (Wildman–Crippen MR) is 107 cm³/mol. The average molecular weight is 420 g/mol. The normalized spacial score (nSPS) is 11.2. The van der Waals surface area contributed by atoms with Gasteiger partial charge in [-0.1, -0.05) is 40.2 Å². The maximum atomic E-state index is 5.67. The zero-order valence-corrected chi connectivity index (χ0v) is 16.8. The molecule has 2 aromatic carbocycles. The van der Waals surface area contributed by atoms with Crippen LogP contribution in [-0.4, -0.2) is 26.8 Å². The Morgan fingerprint density at radius 3 is 2.58 bits per heavy atom. The highest BCUT2D eigenvalue weighted by molar-refractivity contribution is 9.10. The molecule has 0 aromatic heterocycles. The summed E-state index contributed by atoms with van der Waals surface area (Å²) in [4.78, 5) is 0. The molecule has 4 nitrogen and oxygen atoms in total. The summed E-state index contributed by atoms with van der Waals surface area (Å²) >= 11 is 3.53. The van der Waals surface area contributed by atoms with Gasteiger partial charge < -0.3 is 18.9 Å². The Bertz CT molecular complexity index is 700. The van der Waals surface area contributed by atoms with Crippen molar-refractivity contribution in [3.63, 3.8) is 0 Å². The fourth-order valence-electron chi connectivity index (χ4n) is 2.18. The van der Waals surface area contributed by atoms with Gasteiger partial charge in [0.2, 0.25) is 0 Å². The van der Waals surface area contributed by atoms with Crippen molar-refractivity contribution in [2.45, 2.75) is 20.5 Å². The maximum Gasteiger partial charge on any atom is 0.189 e. The standard InChI is InChI=1S/C21H24BrO4/c1-3-23-15-25-14-18-11-17(12-20(13-18)26-16-24-4-2)9-10-19-7-5-6-8-21(19)22/h5-6,8-13H,3-4,14-16H2,1-2H3/b10-9+. The van der Waals surface area contributed by atoms with Gasteiger partial charge in [-0.2, -0.15) is 0 Å². The first-order chi connectivity index (χ1) is 12.7. The van der Waals surface area contributed by atoms with Crippen molar-refractivity contribution in [3.05, 3.63) is 63.6 Å². The maximum absolute atomic E-state index is 5.67. The first-order valence-electron chi connectivity index (χ1n) is 8.57. The molecule has 26 heavy (non-hydrogen) atoms. The lowest BCUT2D eigenvalue weighted by Gasteiger charge is -2.10. The molecular formula is C21H24BrO4. The van der Waals surface area contributed by atoms with E-state index >= 15 is 0 Å². The van der Waals surface area contributed by atoms with E-state index in [1.807, 2.05) is 56.3 Å². The average Bonchev–Trinajstić information content (AvgIpc) is 2.65. The Morgan fingerprint density at radius 2 is 1.81 bits per heavy atom. The van der Waals surface area contributed by atoms with Gasteiger partial charge in [0.15, 0.2) is 6.79 Å².